The van der Waals surface area contributed by atoms with Crippen LogP contribution in [0.15, 0.2) is 41.5 Å². The molecule has 0 spiro atoms. The van der Waals surface area contributed by atoms with Gasteiger partial charge in [-0.25, -0.2) is 9.97 Å². The summed E-state index contributed by atoms with van der Waals surface area (Å²) in [5.74, 6) is 1.11. The van der Waals surface area contributed by atoms with E-state index in [0.29, 0.717) is 36.4 Å². The van der Waals surface area contributed by atoms with E-state index >= 15 is 0 Å². The molecule has 8 heteroatoms. The monoisotopic (exact) mass is 374 g/mol. The first-order chi connectivity index (χ1) is 12.6. The van der Waals surface area contributed by atoms with Crippen molar-refractivity contribution in [2.45, 2.75) is 19.8 Å². The van der Waals surface area contributed by atoms with Crippen LogP contribution in [0.4, 0.5) is 5.82 Å². The molecule has 0 aliphatic heterocycles. The van der Waals surface area contributed by atoms with Crippen molar-refractivity contribution < 1.29 is 4.79 Å². The first-order valence-corrected chi connectivity index (χ1v) is 8.73. The van der Waals surface area contributed by atoms with Crippen molar-refractivity contribution >= 4 is 29.3 Å². The third-order valence-electron chi connectivity index (χ3n) is 3.52. The molecule has 2 heterocycles. The molecular weight excluding hydrogens is 352 g/mol. The Bertz CT molecular complexity index is 748. The summed E-state index contributed by atoms with van der Waals surface area (Å²) in [4.78, 5) is 24.4. The Balaban J connectivity index is 1.66. The van der Waals surface area contributed by atoms with E-state index in [9.17, 15) is 4.79 Å². The number of rotatable bonds is 7. The van der Waals surface area contributed by atoms with Gasteiger partial charge in [0.05, 0.1) is 0 Å². The third kappa shape index (κ3) is 7.06. The van der Waals surface area contributed by atoms with E-state index in [1.165, 1.54) is 0 Å². The van der Waals surface area contributed by atoms with Crippen LogP contribution in [-0.2, 0) is 11.2 Å². The number of carbonyl (C=O) groups excluding carboxylic acids is 1. The smallest absolute Gasteiger partial charge is 0.227 e. The molecule has 0 aliphatic carbocycles. The summed E-state index contributed by atoms with van der Waals surface area (Å²) in [5.41, 5.74) is 1.95. The van der Waals surface area contributed by atoms with Crippen LogP contribution in [0, 0.1) is 6.92 Å². The zero-order valence-electron chi connectivity index (χ0n) is 14.9. The van der Waals surface area contributed by atoms with E-state index in [1.54, 1.807) is 25.4 Å². The number of pyridine rings is 2. The number of aryl methyl sites for hydroxylation is 1. The molecule has 1 amide bonds. The molecule has 0 fully saturated rings. The van der Waals surface area contributed by atoms with Crippen LogP contribution in [-0.4, -0.2) is 42.0 Å². The zero-order chi connectivity index (χ0) is 18.8. The lowest BCUT2D eigenvalue weighted by atomic mass is 10.2. The van der Waals surface area contributed by atoms with Gasteiger partial charge in [0.25, 0.3) is 0 Å². The van der Waals surface area contributed by atoms with E-state index in [0.717, 1.165) is 17.7 Å². The molecule has 0 saturated heterocycles. The van der Waals surface area contributed by atoms with Gasteiger partial charge in [-0.05, 0) is 37.1 Å². The molecule has 0 radical (unpaired) electrons. The fourth-order valence-corrected chi connectivity index (χ4v) is 2.32. The Kier molecular flexibility index (Phi) is 7.82. The van der Waals surface area contributed by atoms with Crippen LogP contribution >= 0.6 is 11.6 Å². The Morgan fingerprint density at radius 3 is 2.69 bits per heavy atom. The van der Waals surface area contributed by atoms with Crippen LogP contribution in [0.25, 0.3) is 0 Å². The minimum atomic E-state index is -0.0988. The summed E-state index contributed by atoms with van der Waals surface area (Å²) in [6, 6.07) is 9.22. The van der Waals surface area contributed by atoms with Crippen LogP contribution < -0.4 is 16.0 Å². The molecule has 3 N–H and O–H groups in total. The second-order valence-electron chi connectivity index (χ2n) is 5.63. The molecule has 26 heavy (non-hydrogen) atoms. The Labute approximate surface area is 158 Å². The summed E-state index contributed by atoms with van der Waals surface area (Å²) in [7, 11) is 1.69. The second kappa shape index (κ2) is 10.4. The average Bonchev–Trinajstić information content (AvgIpc) is 2.62. The topological polar surface area (TPSA) is 91.3 Å². The molecule has 7 nitrogen and oxygen atoms in total. The Hall–Kier alpha value is -2.67. The van der Waals surface area contributed by atoms with Gasteiger partial charge in [0.15, 0.2) is 5.96 Å². The lowest BCUT2D eigenvalue weighted by Crippen LogP contribution is -2.39. The van der Waals surface area contributed by atoms with Gasteiger partial charge in [0.1, 0.15) is 11.0 Å². The van der Waals surface area contributed by atoms with E-state index < -0.39 is 0 Å². The van der Waals surface area contributed by atoms with Crippen LogP contribution in [0.2, 0.25) is 5.15 Å². The van der Waals surface area contributed by atoms with Gasteiger partial charge >= 0.3 is 0 Å². The van der Waals surface area contributed by atoms with E-state index in [-0.39, 0.29) is 5.91 Å². The molecule has 0 aliphatic rings. The minimum Gasteiger partial charge on any atom is -0.356 e. The number of hydrogen-bond donors (Lipinski definition) is 3. The number of halogens is 1. The van der Waals surface area contributed by atoms with E-state index in [4.69, 9.17) is 11.6 Å². The van der Waals surface area contributed by atoms with Crippen molar-refractivity contribution in [2.75, 3.05) is 25.5 Å². The predicted octanol–water partition coefficient (Wildman–Crippen LogP) is 2.17. The van der Waals surface area contributed by atoms with Crippen LogP contribution in [0.5, 0.6) is 0 Å². The Morgan fingerprint density at radius 2 is 2.00 bits per heavy atom. The maximum Gasteiger partial charge on any atom is 0.227 e. The number of aromatic nitrogens is 2. The number of aliphatic imine (C=N–C) groups is 1. The van der Waals surface area contributed by atoms with Gasteiger partial charge in [-0.2, -0.15) is 0 Å². The van der Waals surface area contributed by atoms with Crippen molar-refractivity contribution in [3.63, 3.8) is 0 Å². The molecule has 0 atom stereocenters. The standard InChI is InChI=1S/C18H23ClN6O/c1-13-4-3-5-16(24-13)25-17(26)9-11-22-18(20-2)21-10-8-14-6-7-15(19)23-12-14/h3-7,12H,8-11H2,1-2H3,(H2,20,21,22)(H,24,25,26). The van der Waals surface area contributed by atoms with Crippen LogP contribution in [0.3, 0.4) is 0 Å². The fraction of sp³-hybridized carbons (Fsp3) is 0.333. The average molecular weight is 375 g/mol. The highest BCUT2D eigenvalue weighted by Crippen LogP contribution is 2.05. The second-order valence-corrected chi connectivity index (χ2v) is 6.01. The molecular formula is C18H23ClN6O. The largest absolute Gasteiger partial charge is 0.356 e. The van der Waals surface area contributed by atoms with Crippen molar-refractivity contribution in [3.8, 4) is 0 Å². The minimum absolute atomic E-state index is 0.0988. The number of carbonyl (C=O) groups is 1. The Morgan fingerprint density at radius 1 is 1.19 bits per heavy atom. The number of nitrogens with zero attached hydrogens (tertiary/aromatic N) is 3. The molecule has 0 unspecified atom stereocenters. The summed E-state index contributed by atoms with van der Waals surface area (Å²) < 4.78 is 0. The molecule has 0 aromatic carbocycles. The normalized spacial score (nSPS) is 11.1. The number of nitrogens with one attached hydrogen (secondary N) is 3. The van der Waals surface area contributed by atoms with Gasteiger partial charge in [-0.3, -0.25) is 9.79 Å². The van der Waals surface area contributed by atoms with Crippen molar-refractivity contribution in [1.29, 1.82) is 0 Å². The fourth-order valence-electron chi connectivity index (χ4n) is 2.21. The molecule has 2 aromatic heterocycles. The highest BCUT2D eigenvalue weighted by molar-refractivity contribution is 6.29. The summed E-state index contributed by atoms with van der Waals surface area (Å²) in [5, 5.41) is 9.57. The molecule has 0 bridgehead atoms. The zero-order valence-corrected chi connectivity index (χ0v) is 15.7. The quantitative estimate of drug-likeness (QED) is 0.392. The predicted molar refractivity (Wildman–Crippen MR) is 105 cm³/mol. The summed E-state index contributed by atoms with van der Waals surface area (Å²) in [6.45, 7) is 3.05. The number of hydrogen-bond acceptors (Lipinski definition) is 4. The molecule has 138 valence electrons. The lowest BCUT2D eigenvalue weighted by Gasteiger charge is -2.12. The van der Waals surface area contributed by atoms with E-state index in [2.05, 4.69) is 30.9 Å². The van der Waals surface area contributed by atoms with Crippen molar-refractivity contribution in [1.82, 2.24) is 20.6 Å². The van der Waals surface area contributed by atoms with Gasteiger partial charge < -0.3 is 16.0 Å². The van der Waals surface area contributed by atoms with Gasteiger partial charge in [-0.15, -0.1) is 0 Å². The number of anilines is 1. The SMILES string of the molecule is CN=C(NCCC(=O)Nc1cccc(C)n1)NCCc1ccc(Cl)nc1. The number of amides is 1. The van der Waals surface area contributed by atoms with Gasteiger partial charge in [-0.1, -0.05) is 23.7 Å². The van der Waals surface area contributed by atoms with Gasteiger partial charge in [0.2, 0.25) is 5.91 Å². The van der Waals surface area contributed by atoms with Crippen molar-refractivity contribution in [3.05, 3.63) is 52.9 Å². The summed E-state index contributed by atoms with van der Waals surface area (Å²) >= 11 is 5.77. The molecule has 2 rings (SSSR count). The number of guanidine groups is 1. The lowest BCUT2D eigenvalue weighted by molar-refractivity contribution is -0.116. The highest BCUT2D eigenvalue weighted by atomic mass is 35.5. The molecule has 0 saturated carbocycles. The third-order valence-corrected chi connectivity index (χ3v) is 3.74. The van der Waals surface area contributed by atoms with E-state index in [1.807, 2.05) is 25.1 Å². The maximum atomic E-state index is 12.0. The summed E-state index contributed by atoms with van der Waals surface area (Å²) in [6.07, 6.45) is 2.87. The first-order valence-electron chi connectivity index (χ1n) is 8.35. The van der Waals surface area contributed by atoms with Crippen LogP contribution in [0.1, 0.15) is 17.7 Å². The first kappa shape index (κ1) is 19.7. The molecule has 2 aromatic rings. The maximum absolute atomic E-state index is 12.0. The highest BCUT2D eigenvalue weighted by Gasteiger charge is 2.04. The van der Waals surface area contributed by atoms with Gasteiger partial charge in [0, 0.05) is 38.4 Å². The van der Waals surface area contributed by atoms with Crippen molar-refractivity contribution in [2.24, 2.45) is 4.99 Å².